The van der Waals surface area contributed by atoms with E-state index in [2.05, 4.69) is 19.7 Å². The number of aromatic nitrogens is 3. The Morgan fingerprint density at radius 1 is 1.24 bits per heavy atom. The van der Waals surface area contributed by atoms with Crippen LogP contribution in [0.1, 0.15) is 5.69 Å². The van der Waals surface area contributed by atoms with Crippen molar-refractivity contribution in [2.24, 2.45) is 0 Å². The fourth-order valence-electron chi connectivity index (χ4n) is 1.55. The monoisotopic (exact) mass is 321 g/mol. The lowest BCUT2D eigenvalue weighted by Gasteiger charge is -2.10. The molecule has 0 N–H and O–H groups in total. The maximum Gasteiger partial charge on any atom is 0.422 e. The van der Waals surface area contributed by atoms with Crippen molar-refractivity contribution in [1.29, 1.82) is 0 Å². The molecule has 9 heteroatoms. The van der Waals surface area contributed by atoms with Crippen LogP contribution >= 0.6 is 11.6 Å². The Morgan fingerprint density at radius 3 is 2.52 bits per heavy atom. The van der Waals surface area contributed by atoms with Crippen LogP contribution in [0, 0.1) is 12.7 Å². The third kappa shape index (κ3) is 4.01. The minimum Gasteiger partial charge on any atom is -0.466 e. The molecule has 0 saturated carbocycles. The molecule has 0 aliphatic carbocycles. The highest BCUT2D eigenvalue weighted by atomic mass is 35.5. The Morgan fingerprint density at radius 2 is 1.95 bits per heavy atom. The number of nitrogens with zero attached hydrogens (tertiary/aromatic N) is 3. The summed E-state index contributed by atoms with van der Waals surface area (Å²) in [6.07, 6.45) is -2.14. The number of alkyl halides is 3. The first-order valence-corrected chi connectivity index (χ1v) is 5.98. The minimum absolute atomic E-state index is 0.176. The molecule has 0 fully saturated rings. The van der Waals surface area contributed by atoms with E-state index < -0.39 is 24.5 Å². The molecule has 2 aromatic rings. The zero-order chi connectivity index (χ0) is 15.6. The lowest BCUT2D eigenvalue weighted by atomic mass is 10.1. The number of rotatable bonds is 3. The van der Waals surface area contributed by atoms with Crippen LogP contribution in [0.4, 0.5) is 17.6 Å². The van der Waals surface area contributed by atoms with Gasteiger partial charge in [-0.15, -0.1) is 0 Å². The first-order valence-electron chi connectivity index (χ1n) is 5.61. The van der Waals surface area contributed by atoms with Crippen molar-refractivity contribution in [2.45, 2.75) is 13.1 Å². The van der Waals surface area contributed by atoms with E-state index in [-0.39, 0.29) is 10.7 Å². The second kappa shape index (κ2) is 5.80. The van der Waals surface area contributed by atoms with E-state index >= 15 is 0 Å². The van der Waals surface area contributed by atoms with Crippen LogP contribution in [0.15, 0.2) is 18.5 Å². The molecule has 0 bridgehead atoms. The molecular formula is C12H8ClF4N3O. The van der Waals surface area contributed by atoms with Crippen molar-refractivity contribution in [3.05, 3.63) is 35.1 Å². The molecule has 0 saturated heterocycles. The van der Waals surface area contributed by atoms with Gasteiger partial charge in [-0.05, 0) is 13.0 Å². The average Bonchev–Trinajstić information content (AvgIpc) is 2.36. The van der Waals surface area contributed by atoms with Crippen molar-refractivity contribution in [2.75, 3.05) is 6.61 Å². The zero-order valence-corrected chi connectivity index (χ0v) is 11.3. The predicted octanol–water partition coefficient (Wildman–Crippen LogP) is 3.58. The highest BCUT2D eigenvalue weighted by molar-refractivity contribution is 6.29. The fraction of sp³-hybridized carbons (Fsp3) is 0.250. The molecule has 0 unspecified atom stereocenters. The molecule has 4 nitrogen and oxygen atoms in total. The summed E-state index contributed by atoms with van der Waals surface area (Å²) in [5, 5.41) is 0.176. The molecule has 2 heterocycles. The van der Waals surface area contributed by atoms with Crippen molar-refractivity contribution >= 4 is 11.6 Å². The SMILES string of the molecule is Cc1nc(Cl)cnc1-c1cnc(OCC(F)(F)F)c(F)c1. The van der Waals surface area contributed by atoms with E-state index in [0.29, 0.717) is 11.4 Å². The van der Waals surface area contributed by atoms with Crippen LogP contribution < -0.4 is 4.74 Å². The smallest absolute Gasteiger partial charge is 0.422 e. The molecule has 21 heavy (non-hydrogen) atoms. The molecule has 0 radical (unpaired) electrons. The van der Waals surface area contributed by atoms with E-state index in [1.165, 1.54) is 6.20 Å². The second-order valence-corrected chi connectivity index (χ2v) is 4.43. The standard InChI is InChI=1S/C12H8ClF4N3O/c1-6-10(18-4-9(13)20-6)7-2-8(14)11(19-3-7)21-5-12(15,16)17/h2-4H,5H2,1H3. The second-order valence-electron chi connectivity index (χ2n) is 4.04. The van der Waals surface area contributed by atoms with Gasteiger partial charge in [0.05, 0.1) is 17.6 Å². The van der Waals surface area contributed by atoms with Gasteiger partial charge in [0.25, 0.3) is 5.88 Å². The Hall–Kier alpha value is -1.96. The highest BCUT2D eigenvalue weighted by Crippen LogP contribution is 2.25. The number of halogens is 5. The van der Waals surface area contributed by atoms with Crippen molar-refractivity contribution in [3.63, 3.8) is 0 Å². The van der Waals surface area contributed by atoms with Gasteiger partial charge < -0.3 is 4.74 Å². The molecule has 2 rings (SSSR count). The van der Waals surface area contributed by atoms with Crippen LogP contribution in [0.2, 0.25) is 5.15 Å². The summed E-state index contributed by atoms with van der Waals surface area (Å²) in [6.45, 7) is -0.00374. The molecule has 0 aliphatic heterocycles. The molecular weight excluding hydrogens is 314 g/mol. The maximum atomic E-state index is 13.7. The largest absolute Gasteiger partial charge is 0.466 e. The summed E-state index contributed by atoms with van der Waals surface area (Å²) in [6, 6.07) is 0.976. The van der Waals surface area contributed by atoms with E-state index in [0.717, 1.165) is 12.3 Å². The first kappa shape index (κ1) is 15.4. The summed E-state index contributed by atoms with van der Waals surface area (Å²) in [5.41, 5.74) is 1.02. The zero-order valence-electron chi connectivity index (χ0n) is 10.6. The van der Waals surface area contributed by atoms with Crippen molar-refractivity contribution in [1.82, 2.24) is 15.0 Å². The maximum absolute atomic E-state index is 13.7. The predicted molar refractivity (Wildman–Crippen MR) is 66.5 cm³/mol. The van der Waals surface area contributed by atoms with Crippen LogP contribution in [0.3, 0.4) is 0 Å². The molecule has 0 amide bonds. The van der Waals surface area contributed by atoms with Gasteiger partial charge in [-0.2, -0.15) is 13.2 Å². The third-order valence-electron chi connectivity index (χ3n) is 2.37. The third-order valence-corrected chi connectivity index (χ3v) is 2.55. The van der Waals surface area contributed by atoms with Crippen LogP contribution in [0.5, 0.6) is 5.88 Å². The summed E-state index contributed by atoms with van der Waals surface area (Å²) >= 11 is 5.66. The highest BCUT2D eigenvalue weighted by Gasteiger charge is 2.29. The van der Waals surface area contributed by atoms with Crippen LogP contribution in [0.25, 0.3) is 11.3 Å². The quantitative estimate of drug-likeness (QED) is 0.811. The van der Waals surface area contributed by atoms with Gasteiger partial charge >= 0.3 is 6.18 Å². The molecule has 112 valence electrons. The molecule has 0 aliphatic rings. The van der Waals surface area contributed by atoms with E-state index in [4.69, 9.17) is 11.6 Å². The number of ether oxygens (including phenoxy) is 1. The van der Waals surface area contributed by atoms with Gasteiger partial charge in [0.2, 0.25) is 0 Å². The van der Waals surface area contributed by atoms with E-state index in [9.17, 15) is 17.6 Å². The summed E-state index contributed by atoms with van der Waals surface area (Å²) in [5.74, 6) is -1.75. The summed E-state index contributed by atoms with van der Waals surface area (Å²) in [4.78, 5) is 11.4. The Balaban J connectivity index is 2.26. The van der Waals surface area contributed by atoms with Gasteiger partial charge in [-0.25, -0.2) is 14.4 Å². The van der Waals surface area contributed by atoms with E-state index in [1.807, 2.05) is 0 Å². The Bertz CT molecular complexity index is 663. The number of aryl methyl sites for hydroxylation is 1. The van der Waals surface area contributed by atoms with Crippen molar-refractivity contribution < 1.29 is 22.3 Å². The fourth-order valence-corrected chi connectivity index (χ4v) is 1.72. The van der Waals surface area contributed by atoms with Gasteiger partial charge in [-0.1, -0.05) is 11.6 Å². The average molecular weight is 322 g/mol. The topological polar surface area (TPSA) is 47.9 Å². The Kier molecular flexibility index (Phi) is 4.26. The van der Waals surface area contributed by atoms with Gasteiger partial charge in [0, 0.05) is 11.8 Å². The van der Waals surface area contributed by atoms with Gasteiger partial charge in [0.15, 0.2) is 12.4 Å². The van der Waals surface area contributed by atoms with Gasteiger partial charge in [-0.3, -0.25) is 4.98 Å². The normalized spacial score (nSPS) is 11.5. The Labute approximate surface area is 121 Å². The van der Waals surface area contributed by atoms with Gasteiger partial charge in [0.1, 0.15) is 5.15 Å². The van der Waals surface area contributed by atoms with Crippen LogP contribution in [-0.4, -0.2) is 27.7 Å². The summed E-state index contributed by atoms with van der Waals surface area (Å²) in [7, 11) is 0. The molecule has 0 aromatic carbocycles. The first-order chi connectivity index (χ1) is 9.76. The number of hydrogen-bond donors (Lipinski definition) is 0. The molecule has 0 atom stereocenters. The number of hydrogen-bond acceptors (Lipinski definition) is 4. The lowest BCUT2D eigenvalue weighted by molar-refractivity contribution is -0.154. The molecule has 2 aromatic heterocycles. The minimum atomic E-state index is -4.56. The number of pyridine rings is 1. The van der Waals surface area contributed by atoms with Crippen molar-refractivity contribution in [3.8, 4) is 17.1 Å². The van der Waals surface area contributed by atoms with E-state index in [1.54, 1.807) is 6.92 Å². The lowest BCUT2D eigenvalue weighted by Crippen LogP contribution is -2.20. The summed E-state index contributed by atoms with van der Waals surface area (Å²) < 4.78 is 54.0. The molecule has 0 spiro atoms. The van der Waals surface area contributed by atoms with Crippen LogP contribution in [-0.2, 0) is 0 Å².